The molecule has 0 atom stereocenters. The molecule has 0 bridgehead atoms. The van der Waals surface area contributed by atoms with Crippen molar-refractivity contribution in [2.75, 3.05) is 0 Å². The Morgan fingerprint density at radius 3 is 2.24 bits per heavy atom. The van der Waals surface area contributed by atoms with Crippen molar-refractivity contribution in [2.24, 2.45) is 0 Å². The smallest absolute Gasteiger partial charge is 0.344 e. The Bertz CT molecular complexity index is 785. The fraction of sp³-hybridized carbons (Fsp3) is 0. The Hall–Kier alpha value is -0.720. The summed E-state index contributed by atoms with van der Waals surface area (Å²) < 4.78 is 39.3. The summed E-state index contributed by atoms with van der Waals surface area (Å²) in [7, 11) is -4.51. The van der Waals surface area contributed by atoms with Crippen LogP contribution in [0.2, 0.25) is 0 Å². The monoisotopic (exact) mass is 529 g/mol. The maximum atomic E-state index is 12.1. The summed E-state index contributed by atoms with van der Waals surface area (Å²) in [5, 5.41) is 0. The van der Waals surface area contributed by atoms with Crippen LogP contribution in [0.15, 0.2) is 47.4 Å². The van der Waals surface area contributed by atoms with Crippen molar-refractivity contribution in [3.8, 4) is 5.75 Å². The van der Waals surface area contributed by atoms with Gasteiger partial charge in [0.1, 0.15) is 15.9 Å². The van der Waals surface area contributed by atoms with Crippen LogP contribution in [0.4, 0.5) is 0 Å². The quantitative estimate of drug-likeness (QED) is 0.265. The van der Waals surface area contributed by atoms with E-state index in [1.807, 2.05) is 28.7 Å². The van der Waals surface area contributed by atoms with Crippen LogP contribution in [0.5, 0.6) is 5.75 Å². The van der Waals surface area contributed by atoms with E-state index in [0.717, 1.165) is 19.3 Å². The summed E-state index contributed by atoms with van der Waals surface area (Å²) in [6.45, 7) is 0. The summed E-state index contributed by atoms with van der Waals surface area (Å²) in [6.07, 6.45) is 0. The third-order valence-electron chi connectivity index (χ3n) is 2.49. The standard InChI is InChI=1S/C13H8I2O5S/c14-11-3-1-2-10(12(11)15)13(16)20-8-4-6-9(7-5-8)21(17,18)19/h1-7H,(H,17,18,19)/p-1. The van der Waals surface area contributed by atoms with Gasteiger partial charge >= 0.3 is 5.97 Å². The lowest BCUT2D eigenvalue weighted by atomic mass is 10.2. The van der Waals surface area contributed by atoms with Gasteiger partial charge in [0.2, 0.25) is 0 Å². The number of esters is 1. The molecule has 110 valence electrons. The van der Waals surface area contributed by atoms with Gasteiger partial charge in [-0.05, 0) is 81.6 Å². The Kier molecular flexibility index (Phi) is 5.22. The average Bonchev–Trinajstić information content (AvgIpc) is 2.41. The minimum Gasteiger partial charge on any atom is -0.744 e. The number of benzene rings is 2. The minimum atomic E-state index is -4.51. The van der Waals surface area contributed by atoms with Crippen molar-refractivity contribution in [3.63, 3.8) is 0 Å². The van der Waals surface area contributed by atoms with Crippen LogP contribution < -0.4 is 4.74 Å². The number of halogens is 2. The lowest BCUT2D eigenvalue weighted by Crippen LogP contribution is -2.11. The zero-order valence-corrected chi connectivity index (χ0v) is 15.4. The van der Waals surface area contributed by atoms with E-state index < -0.39 is 16.1 Å². The van der Waals surface area contributed by atoms with E-state index in [1.54, 1.807) is 12.1 Å². The molecule has 0 aliphatic carbocycles. The van der Waals surface area contributed by atoms with Gasteiger partial charge in [-0.15, -0.1) is 0 Å². The molecule has 0 spiro atoms. The molecule has 2 aromatic carbocycles. The van der Waals surface area contributed by atoms with Crippen molar-refractivity contribution in [1.82, 2.24) is 0 Å². The van der Waals surface area contributed by atoms with E-state index in [2.05, 4.69) is 22.6 Å². The summed E-state index contributed by atoms with van der Waals surface area (Å²) >= 11 is 4.16. The molecule has 0 heterocycles. The molecule has 2 rings (SSSR count). The first-order chi connectivity index (χ1) is 9.79. The van der Waals surface area contributed by atoms with Crippen LogP contribution in [0, 0.1) is 7.14 Å². The molecular weight excluding hydrogens is 522 g/mol. The highest BCUT2D eigenvalue weighted by molar-refractivity contribution is 14.1. The molecule has 0 aliphatic heterocycles. The van der Waals surface area contributed by atoms with Gasteiger partial charge in [-0.2, -0.15) is 0 Å². The van der Waals surface area contributed by atoms with Gasteiger partial charge in [0.15, 0.2) is 0 Å². The molecule has 0 radical (unpaired) electrons. The van der Waals surface area contributed by atoms with E-state index in [4.69, 9.17) is 4.74 Å². The second-order valence-corrected chi connectivity index (χ2v) is 7.54. The molecule has 0 unspecified atom stereocenters. The molecule has 0 aliphatic rings. The predicted octanol–water partition coefficient (Wildman–Crippen LogP) is 3.02. The molecule has 0 saturated heterocycles. The third-order valence-corrected chi connectivity index (χ3v) is 6.44. The number of hydrogen-bond donors (Lipinski definition) is 0. The summed E-state index contributed by atoms with van der Waals surface area (Å²) in [5.74, 6) is -0.377. The third kappa shape index (κ3) is 4.14. The number of rotatable bonds is 3. The fourth-order valence-corrected chi connectivity index (χ4v) is 3.05. The van der Waals surface area contributed by atoms with E-state index >= 15 is 0 Å². The van der Waals surface area contributed by atoms with E-state index in [-0.39, 0.29) is 10.6 Å². The minimum absolute atomic E-state index is 0.169. The highest BCUT2D eigenvalue weighted by Gasteiger charge is 2.14. The van der Waals surface area contributed by atoms with E-state index in [0.29, 0.717) is 5.56 Å². The number of ether oxygens (including phenoxy) is 1. The summed E-state index contributed by atoms with van der Waals surface area (Å²) in [6, 6.07) is 9.99. The summed E-state index contributed by atoms with van der Waals surface area (Å²) in [5.41, 5.74) is 0.419. The molecule has 0 fully saturated rings. The average molecular weight is 529 g/mol. The molecule has 5 nitrogen and oxygen atoms in total. The van der Waals surface area contributed by atoms with Crippen molar-refractivity contribution in [3.05, 3.63) is 55.2 Å². The van der Waals surface area contributed by atoms with Gasteiger partial charge in [0, 0.05) is 7.14 Å². The Morgan fingerprint density at radius 1 is 1.05 bits per heavy atom. The van der Waals surface area contributed by atoms with Crippen LogP contribution in [0.1, 0.15) is 10.4 Å². The zero-order chi connectivity index (χ0) is 15.6. The Balaban J connectivity index is 2.22. The molecule has 0 aromatic heterocycles. The normalized spacial score (nSPS) is 11.2. The van der Waals surface area contributed by atoms with Crippen LogP contribution in [0.25, 0.3) is 0 Å². The van der Waals surface area contributed by atoms with E-state index in [1.165, 1.54) is 12.1 Å². The van der Waals surface area contributed by atoms with Gasteiger partial charge < -0.3 is 9.29 Å². The van der Waals surface area contributed by atoms with Crippen molar-refractivity contribution < 1.29 is 22.5 Å². The van der Waals surface area contributed by atoms with Gasteiger partial charge in [-0.25, -0.2) is 13.2 Å². The molecule has 0 N–H and O–H groups in total. The van der Waals surface area contributed by atoms with Crippen LogP contribution >= 0.6 is 45.2 Å². The molecule has 0 amide bonds. The lowest BCUT2D eigenvalue weighted by molar-refractivity contribution is 0.0733. The maximum Gasteiger partial charge on any atom is 0.344 e. The van der Waals surface area contributed by atoms with Crippen LogP contribution in [-0.2, 0) is 10.1 Å². The fourth-order valence-electron chi connectivity index (χ4n) is 1.50. The van der Waals surface area contributed by atoms with Crippen molar-refractivity contribution in [1.29, 1.82) is 0 Å². The number of carbonyl (C=O) groups is 1. The highest BCUT2D eigenvalue weighted by atomic mass is 127. The SMILES string of the molecule is O=C(Oc1ccc(S(=O)(=O)[O-])cc1)c1cccc(I)c1I. The highest BCUT2D eigenvalue weighted by Crippen LogP contribution is 2.22. The molecule has 2 aromatic rings. The first kappa shape index (κ1) is 16.6. The van der Waals surface area contributed by atoms with E-state index in [9.17, 15) is 17.8 Å². The topological polar surface area (TPSA) is 83.5 Å². The van der Waals surface area contributed by atoms with Gasteiger partial charge in [-0.3, -0.25) is 0 Å². The first-order valence-electron chi connectivity index (χ1n) is 5.51. The predicted molar refractivity (Wildman–Crippen MR) is 91.2 cm³/mol. The van der Waals surface area contributed by atoms with Crippen molar-refractivity contribution in [2.45, 2.75) is 4.90 Å². The second-order valence-electron chi connectivity index (χ2n) is 3.92. The van der Waals surface area contributed by atoms with Crippen LogP contribution in [-0.4, -0.2) is 18.9 Å². The van der Waals surface area contributed by atoms with Gasteiger partial charge in [0.25, 0.3) is 0 Å². The largest absolute Gasteiger partial charge is 0.744 e. The Morgan fingerprint density at radius 2 is 1.67 bits per heavy atom. The number of carbonyl (C=O) groups excluding carboxylic acids is 1. The number of hydrogen-bond acceptors (Lipinski definition) is 5. The van der Waals surface area contributed by atoms with Crippen molar-refractivity contribution >= 4 is 61.3 Å². The molecular formula is C13H7I2O5S-. The second kappa shape index (κ2) is 6.58. The first-order valence-corrected chi connectivity index (χ1v) is 9.08. The summed E-state index contributed by atoms with van der Waals surface area (Å²) in [4.78, 5) is 11.7. The van der Waals surface area contributed by atoms with Crippen LogP contribution in [0.3, 0.4) is 0 Å². The molecule has 21 heavy (non-hydrogen) atoms. The van der Waals surface area contributed by atoms with Gasteiger partial charge in [-0.1, -0.05) is 6.07 Å². The molecule has 8 heteroatoms. The maximum absolute atomic E-state index is 12.1. The molecule has 0 saturated carbocycles. The van der Waals surface area contributed by atoms with Gasteiger partial charge in [0.05, 0.1) is 10.5 Å². The lowest BCUT2D eigenvalue weighted by Gasteiger charge is -2.09. The zero-order valence-electron chi connectivity index (χ0n) is 10.2. The Labute approximate surface area is 148 Å².